The van der Waals surface area contributed by atoms with E-state index in [0.717, 1.165) is 24.2 Å². The maximum atomic E-state index is 13.3. The Morgan fingerprint density at radius 1 is 1.14 bits per heavy atom. The maximum Gasteiger partial charge on any atom is 0.124 e. The number of aryl methyl sites for hydroxylation is 1. The van der Waals surface area contributed by atoms with Crippen molar-refractivity contribution < 1.29 is 9.13 Å². The van der Waals surface area contributed by atoms with Gasteiger partial charge in [-0.2, -0.15) is 0 Å². The number of halogens is 2. The second kappa shape index (κ2) is 7.57. The van der Waals surface area contributed by atoms with Crippen molar-refractivity contribution in [1.29, 1.82) is 0 Å². The summed E-state index contributed by atoms with van der Waals surface area (Å²) in [5.41, 5.74) is 7.79. The van der Waals surface area contributed by atoms with E-state index < -0.39 is 0 Å². The van der Waals surface area contributed by atoms with Crippen LogP contribution in [0.3, 0.4) is 0 Å². The van der Waals surface area contributed by atoms with Gasteiger partial charge in [-0.25, -0.2) is 4.39 Å². The highest BCUT2D eigenvalue weighted by molar-refractivity contribution is 9.10. The molecule has 2 aromatic rings. The smallest absolute Gasteiger partial charge is 0.124 e. The molecule has 2 nitrogen and oxygen atoms in total. The van der Waals surface area contributed by atoms with Crippen LogP contribution in [0, 0.1) is 5.82 Å². The van der Waals surface area contributed by atoms with E-state index in [1.165, 1.54) is 17.7 Å². The first kappa shape index (κ1) is 16.0. The Morgan fingerprint density at radius 2 is 1.86 bits per heavy atom. The van der Waals surface area contributed by atoms with Crippen molar-refractivity contribution >= 4 is 15.9 Å². The molecule has 0 fully saturated rings. The van der Waals surface area contributed by atoms with Gasteiger partial charge in [0.15, 0.2) is 0 Å². The lowest BCUT2D eigenvalue weighted by Gasteiger charge is -2.09. The van der Waals surface area contributed by atoms with Gasteiger partial charge in [0, 0.05) is 10.5 Å². The molecule has 112 valence electrons. The third-order valence-electron chi connectivity index (χ3n) is 3.14. The molecule has 0 saturated carbocycles. The van der Waals surface area contributed by atoms with E-state index in [2.05, 4.69) is 15.9 Å². The van der Waals surface area contributed by atoms with Gasteiger partial charge in [0.05, 0.1) is 0 Å². The molecule has 1 atom stereocenters. The van der Waals surface area contributed by atoms with E-state index in [0.29, 0.717) is 11.1 Å². The molecular formula is C17H19BrFNO. The van der Waals surface area contributed by atoms with Crippen LogP contribution in [-0.4, -0.2) is 6.04 Å². The Labute approximate surface area is 133 Å². The molecule has 2 N–H and O–H groups in total. The molecule has 2 rings (SSSR count). The third-order valence-corrected chi connectivity index (χ3v) is 3.60. The van der Waals surface area contributed by atoms with Crippen LogP contribution in [0.2, 0.25) is 0 Å². The topological polar surface area (TPSA) is 35.2 Å². The number of ether oxygens (including phenoxy) is 1. The summed E-state index contributed by atoms with van der Waals surface area (Å²) >= 11 is 3.27. The van der Waals surface area contributed by atoms with Crippen molar-refractivity contribution in [3.63, 3.8) is 0 Å². The van der Waals surface area contributed by atoms with E-state index in [9.17, 15) is 4.39 Å². The lowest BCUT2D eigenvalue weighted by Crippen LogP contribution is -2.15. The molecular weight excluding hydrogens is 333 g/mol. The molecule has 2 aromatic carbocycles. The molecule has 0 amide bonds. The van der Waals surface area contributed by atoms with Crippen molar-refractivity contribution in [3.8, 4) is 5.75 Å². The molecule has 0 aliphatic heterocycles. The summed E-state index contributed by atoms with van der Waals surface area (Å²) in [6.45, 7) is 2.35. The summed E-state index contributed by atoms with van der Waals surface area (Å²) in [6.07, 6.45) is 1.94. The van der Waals surface area contributed by atoms with Crippen LogP contribution in [-0.2, 0) is 13.0 Å². The number of hydrogen-bond acceptors (Lipinski definition) is 2. The molecule has 0 aliphatic rings. The zero-order valence-electron chi connectivity index (χ0n) is 12.0. The SMILES string of the molecule is CC(N)CCc1ccc(OCc2cc(F)cc(Br)c2)cc1. The molecule has 0 heterocycles. The first-order valence-electron chi connectivity index (χ1n) is 6.95. The van der Waals surface area contributed by atoms with Crippen LogP contribution in [0.15, 0.2) is 46.9 Å². The van der Waals surface area contributed by atoms with Gasteiger partial charge in [-0.1, -0.05) is 28.1 Å². The molecule has 0 bridgehead atoms. The summed E-state index contributed by atoms with van der Waals surface area (Å²) in [7, 11) is 0. The van der Waals surface area contributed by atoms with E-state index in [1.54, 1.807) is 0 Å². The maximum absolute atomic E-state index is 13.3. The Morgan fingerprint density at radius 3 is 2.48 bits per heavy atom. The lowest BCUT2D eigenvalue weighted by molar-refractivity contribution is 0.305. The van der Waals surface area contributed by atoms with Crippen LogP contribution in [0.5, 0.6) is 5.75 Å². The van der Waals surface area contributed by atoms with E-state index in [4.69, 9.17) is 10.5 Å². The van der Waals surface area contributed by atoms with Crippen molar-refractivity contribution in [2.45, 2.75) is 32.4 Å². The van der Waals surface area contributed by atoms with Gasteiger partial charge < -0.3 is 10.5 Å². The van der Waals surface area contributed by atoms with E-state index >= 15 is 0 Å². The van der Waals surface area contributed by atoms with Crippen LogP contribution < -0.4 is 10.5 Å². The first-order valence-corrected chi connectivity index (χ1v) is 7.74. The largest absolute Gasteiger partial charge is 0.489 e. The standard InChI is InChI=1S/C17H19BrFNO/c1-12(20)2-3-13-4-6-17(7-5-13)21-11-14-8-15(18)10-16(19)9-14/h4-10,12H,2-3,11,20H2,1H3. The van der Waals surface area contributed by atoms with Crippen LogP contribution >= 0.6 is 15.9 Å². The fraction of sp³-hybridized carbons (Fsp3) is 0.294. The second-order valence-corrected chi connectivity index (χ2v) is 6.14. The monoisotopic (exact) mass is 351 g/mol. The van der Waals surface area contributed by atoms with Gasteiger partial charge >= 0.3 is 0 Å². The van der Waals surface area contributed by atoms with Gasteiger partial charge in [-0.3, -0.25) is 0 Å². The number of nitrogens with two attached hydrogens (primary N) is 1. The Balaban J connectivity index is 1.91. The molecule has 0 aromatic heterocycles. The lowest BCUT2D eigenvalue weighted by atomic mass is 10.1. The average molecular weight is 352 g/mol. The van der Waals surface area contributed by atoms with Crippen molar-refractivity contribution in [2.24, 2.45) is 5.73 Å². The van der Waals surface area contributed by atoms with Crippen LogP contribution in [0.1, 0.15) is 24.5 Å². The van der Waals surface area contributed by atoms with Gasteiger partial charge in [0.25, 0.3) is 0 Å². The Bertz CT molecular complexity index is 564. The van der Waals surface area contributed by atoms with E-state index in [1.807, 2.05) is 37.3 Å². The first-order chi connectivity index (χ1) is 10.0. The summed E-state index contributed by atoms with van der Waals surface area (Å²) < 4.78 is 19.6. The molecule has 4 heteroatoms. The van der Waals surface area contributed by atoms with Gasteiger partial charge in [0.1, 0.15) is 18.2 Å². The number of hydrogen-bond donors (Lipinski definition) is 1. The normalized spacial score (nSPS) is 12.2. The summed E-state index contributed by atoms with van der Waals surface area (Å²) in [4.78, 5) is 0. The highest BCUT2D eigenvalue weighted by atomic mass is 79.9. The predicted molar refractivity (Wildman–Crippen MR) is 86.8 cm³/mol. The fourth-order valence-electron chi connectivity index (χ4n) is 2.01. The van der Waals surface area contributed by atoms with Crippen LogP contribution in [0.4, 0.5) is 4.39 Å². The Hall–Kier alpha value is -1.39. The molecule has 0 aliphatic carbocycles. The van der Waals surface area contributed by atoms with E-state index in [-0.39, 0.29) is 11.9 Å². The van der Waals surface area contributed by atoms with Gasteiger partial charge in [-0.05, 0) is 61.2 Å². The molecule has 1 unspecified atom stereocenters. The summed E-state index contributed by atoms with van der Waals surface area (Å²) in [5, 5.41) is 0. The minimum Gasteiger partial charge on any atom is -0.489 e. The molecule has 0 spiro atoms. The predicted octanol–water partition coefficient (Wildman–Crippen LogP) is 4.45. The second-order valence-electron chi connectivity index (χ2n) is 5.23. The molecule has 21 heavy (non-hydrogen) atoms. The average Bonchev–Trinajstić information content (AvgIpc) is 2.43. The zero-order chi connectivity index (χ0) is 15.2. The van der Waals surface area contributed by atoms with Crippen LogP contribution in [0.25, 0.3) is 0 Å². The third kappa shape index (κ3) is 5.48. The molecule has 0 saturated heterocycles. The fourth-order valence-corrected chi connectivity index (χ4v) is 2.52. The van der Waals surface area contributed by atoms with Crippen molar-refractivity contribution in [1.82, 2.24) is 0 Å². The number of benzene rings is 2. The minimum absolute atomic E-state index is 0.215. The Kier molecular flexibility index (Phi) is 5.76. The zero-order valence-corrected chi connectivity index (χ0v) is 13.6. The van der Waals surface area contributed by atoms with Gasteiger partial charge in [0.2, 0.25) is 0 Å². The summed E-state index contributed by atoms with van der Waals surface area (Å²) in [5.74, 6) is 0.508. The van der Waals surface area contributed by atoms with Gasteiger partial charge in [-0.15, -0.1) is 0 Å². The highest BCUT2D eigenvalue weighted by Crippen LogP contribution is 2.18. The van der Waals surface area contributed by atoms with Crippen molar-refractivity contribution in [2.75, 3.05) is 0 Å². The van der Waals surface area contributed by atoms with Crippen molar-refractivity contribution in [3.05, 3.63) is 63.9 Å². The minimum atomic E-state index is -0.269. The number of rotatable bonds is 6. The highest BCUT2D eigenvalue weighted by Gasteiger charge is 2.02. The quantitative estimate of drug-likeness (QED) is 0.834. The summed E-state index contributed by atoms with van der Waals surface area (Å²) in [6, 6.07) is 12.9. The molecule has 0 radical (unpaired) electrons.